The Kier molecular flexibility index (Phi) is 10.9. The van der Waals surface area contributed by atoms with Crippen molar-refractivity contribution in [3.63, 3.8) is 0 Å². The number of carbonyl (C=O) groups is 3. The van der Waals surface area contributed by atoms with Gasteiger partial charge in [0.25, 0.3) is 0 Å². The molecule has 0 fully saturated rings. The minimum absolute atomic E-state index is 0.0605. The number of hydrogen-bond donors (Lipinski definition) is 3. The maximum atomic E-state index is 14.0. The Morgan fingerprint density at radius 1 is 0.952 bits per heavy atom. The molecule has 1 heterocycles. The van der Waals surface area contributed by atoms with Crippen LogP contribution < -0.4 is 10.6 Å². The van der Waals surface area contributed by atoms with Crippen LogP contribution in [-0.2, 0) is 33.9 Å². The molecule has 1 aromatic heterocycles. The van der Waals surface area contributed by atoms with Gasteiger partial charge in [-0.25, -0.2) is 9.78 Å². The number of hydrogen-bond acceptors (Lipinski definition) is 5. The first-order valence-corrected chi connectivity index (χ1v) is 14.0. The van der Waals surface area contributed by atoms with Gasteiger partial charge in [0.15, 0.2) is 0 Å². The highest BCUT2D eigenvalue weighted by molar-refractivity contribution is 5.89. The van der Waals surface area contributed by atoms with Crippen LogP contribution in [0.1, 0.15) is 40.8 Å². The molecule has 0 aliphatic carbocycles. The summed E-state index contributed by atoms with van der Waals surface area (Å²) in [6.45, 7) is 4.52. The van der Waals surface area contributed by atoms with Crippen LogP contribution in [0.4, 0.5) is 4.79 Å². The number of alkyl carbamates (subject to hydrolysis) is 1. The number of rotatable bonds is 13. The lowest BCUT2D eigenvalue weighted by molar-refractivity contribution is -0.138. The second kappa shape index (κ2) is 15.2. The summed E-state index contributed by atoms with van der Waals surface area (Å²) in [4.78, 5) is 48.5. The van der Waals surface area contributed by atoms with Crippen LogP contribution in [0.2, 0.25) is 0 Å². The average Bonchev–Trinajstić information content (AvgIpc) is 3.52. The Morgan fingerprint density at radius 2 is 1.67 bits per heavy atom. The van der Waals surface area contributed by atoms with Crippen LogP contribution in [0, 0.1) is 6.92 Å². The summed E-state index contributed by atoms with van der Waals surface area (Å²) in [6.07, 6.45) is 2.57. The van der Waals surface area contributed by atoms with Crippen molar-refractivity contribution in [2.75, 3.05) is 13.1 Å². The molecular weight excluding hydrogens is 530 g/mol. The highest BCUT2D eigenvalue weighted by Crippen LogP contribution is 2.14. The normalized spacial score (nSPS) is 12.1. The summed E-state index contributed by atoms with van der Waals surface area (Å²) >= 11 is 0. The zero-order valence-corrected chi connectivity index (χ0v) is 24.0. The lowest BCUT2D eigenvalue weighted by Crippen LogP contribution is -2.52. The number of benzene rings is 3. The monoisotopic (exact) mass is 567 g/mol. The molecule has 42 heavy (non-hydrogen) atoms. The SMILES string of the molecule is Cc1cccc(CN(CC(=O)NCC(C)c2ccccc2)C(=O)C(Cc2c[nH]cn2)NC(=O)OCc2ccccc2)c1. The van der Waals surface area contributed by atoms with Crippen molar-refractivity contribution in [2.24, 2.45) is 0 Å². The van der Waals surface area contributed by atoms with E-state index in [1.54, 1.807) is 6.20 Å². The molecule has 3 aromatic carbocycles. The average molecular weight is 568 g/mol. The molecule has 2 atom stereocenters. The van der Waals surface area contributed by atoms with Crippen molar-refractivity contribution < 1.29 is 19.1 Å². The maximum Gasteiger partial charge on any atom is 0.408 e. The van der Waals surface area contributed by atoms with Crippen LogP contribution in [0.3, 0.4) is 0 Å². The second-order valence-corrected chi connectivity index (χ2v) is 10.3. The number of nitrogens with one attached hydrogen (secondary N) is 3. The predicted molar refractivity (Wildman–Crippen MR) is 160 cm³/mol. The number of nitrogens with zero attached hydrogens (tertiary/aromatic N) is 2. The molecule has 9 heteroatoms. The Balaban J connectivity index is 1.48. The van der Waals surface area contributed by atoms with Gasteiger partial charge in [-0.15, -0.1) is 0 Å². The highest BCUT2D eigenvalue weighted by Gasteiger charge is 2.29. The minimum Gasteiger partial charge on any atom is -0.445 e. The Labute approximate surface area is 246 Å². The first-order chi connectivity index (χ1) is 20.4. The van der Waals surface area contributed by atoms with Crippen molar-refractivity contribution in [1.29, 1.82) is 0 Å². The molecular formula is C33H37N5O4. The lowest BCUT2D eigenvalue weighted by Gasteiger charge is -2.28. The fraction of sp³-hybridized carbons (Fsp3) is 0.273. The van der Waals surface area contributed by atoms with Crippen LogP contribution in [-0.4, -0.2) is 51.9 Å². The molecule has 0 spiro atoms. The number of aromatic nitrogens is 2. The van der Waals surface area contributed by atoms with E-state index in [0.717, 1.165) is 22.3 Å². The highest BCUT2D eigenvalue weighted by atomic mass is 16.5. The standard InChI is InChI=1S/C33H37N5O4/c1-24-10-9-13-27(16-24)20-38(21-31(39)35-18-25(2)28-14-7-4-8-15-28)32(40)30(17-29-19-34-23-36-29)37-33(41)42-22-26-11-5-3-6-12-26/h3-16,19,23,25,30H,17-18,20-22H2,1-2H3,(H,34,36)(H,35,39)(H,37,41). The number of aryl methyl sites for hydroxylation is 1. The van der Waals surface area contributed by atoms with Gasteiger partial charge in [0.05, 0.1) is 18.6 Å². The number of carbonyl (C=O) groups excluding carboxylic acids is 3. The zero-order chi connectivity index (χ0) is 29.7. The second-order valence-electron chi connectivity index (χ2n) is 10.3. The molecule has 4 rings (SSSR count). The summed E-state index contributed by atoms with van der Waals surface area (Å²) in [5, 5.41) is 5.67. The van der Waals surface area contributed by atoms with E-state index in [4.69, 9.17) is 4.74 Å². The van der Waals surface area contributed by atoms with Gasteiger partial charge in [-0.2, -0.15) is 0 Å². The first-order valence-electron chi connectivity index (χ1n) is 14.0. The van der Waals surface area contributed by atoms with Gasteiger partial charge in [0, 0.05) is 25.7 Å². The van der Waals surface area contributed by atoms with Crippen molar-refractivity contribution in [2.45, 2.75) is 45.4 Å². The maximum absolute atomic E-state index is 14.0. The third kappa shape index (κ3) is 9.33. The fourth-order valence-corrected chi connectivity index (χ4v) is 4.58. The number of ether oxygens (including phenoxy) is 1. The van der Waals surface area contributed by atoms with E-state index in [1.165, 1.54) is 11.2 Å². The molecule has 3 amide bonds. The van der Waals surface area contributed by atoms with Crippen molar-refractivity contribution in [1.82, 2.24) is 25.5 Å². The summed E-state index contributed by atoms with van der Waals surface area (Å²) in [6, 6.07) is 26.0. The number of aromatic amines is 1. The molecule has 0 radical (unpaired) electrons. The smallest absolute Gasteiger partial charge is 0.408 e. The van der Waals surface area contributed by atoms with E-state index in [0.29, 0.717) is 12.2 Å². The summed E-state index contributed by atoms with van der Waals surface area (Å²) in [7, 11) is 0. The molecule has 4 aromatic rings. The fourth-order valence-electron chi connectivity index (χ4n) is 4.58. The molecule has 3 N–H and O–H groups in total. The van der Waals surface area contributed by atoms with E-state index in [9.17, 15) is 14.4 Å². The summed E-state index contributed by atoms with van der Waals surface area (Å²) in [5.74, 6) is -0.601. The molecule has 218 valence electrons. The Morgan fingerprint density at radius 3 is 2.36 bits per heavy atom. The van der Waals surface area contributed by atoms with E-state index in [2.05, 4.69) is 20.6 Å². The number of amides is 3. The zero-order valence-electron chi connectivity index (χ0n) is 24.0. The van der Waals surface area contributed by atoms with Gasteiger partial charge in [0.2, 0.25) is 11.8 Å². The molecule has 9 nitrogen and oxygen atoms in total. The van der Waals surface area contributed by atoms with Gasteiger partial charge < -0.3 is 25.3 Å². The largest absolute Gasteiger partial charge is 0.445 e. The number of imidazole rings is 1. The van der Waals surface area contributed by atoms with Crippen LogP contribution >= 0.6 is 0 Å². The van der Waals surface area contributed by atoms with Gasteiger partial charge >= 0.3 is 6.09 Å². The van der Waals surface area contributed by atoms with Crippen molar-refractivity contribution >= 4 is 17.9 Å². The van der Waals surface area contributed by atoms with Gasteiger partial charge in [0.1, 0.15) is 12.6 Å². The Bertz CT molecular complexity index is 1430. The summed E-state index contributed by atoms with van der Waals surface area (Å²) < 4.78 is 5.40. The third-order valence-electron chi connectivity index (χ3n) is 6.85. The first kappa shape index (κ1) is 30.0. The molecule has 0 saturated carbocycles. The van der Waals surface area contributed by atoms with Crippen LogP contribution in [0.15, 0.2) is 97.5 Å². The number of H-pyrrole nitrogens is 1. The molecule has 0 aliphatic rings. The molecule has 0 bridgehead atoms. The molecule has 0 aliphatic heterocycles. The quantitative estimate of drug-likeness (QED) is 0.220. The van der Waals surface area contributed by atoms with Gasteiger partial charge in [-0.3, -0.25) is 9.59 Å². The Hall–Kier alpha value is -4.92. The van der Waals surface area contributed by atoms with Crippen LogP contribution in [0.25, 0.3) is 0 Å². The molecule has 2 unspecified atom stereocenters. The van der Waals surface area contributed by atoms with Crippen molar-refractivity contribution in [3.8, 4) is 0 Å². The summed E-state index contributed by atoms with van der Waals surface area (Å²) in [5.41, 5.74) is 4.44. The van der Waals surface area contributed by atoms with Gasteiger partial charge in [-0.05, 0) is 29.5 Å². The van der Waals surface area contributed by atoms with Gasteiger partial charge in [-0.1, -0.05) is 97.4 Å². The topological polar surface area (TPSA) is 116 Å². The van der Waals surface area contributed by atoms with E-state index >= 15 is 0 Å². The lowest BCUT2D eigenvalue weighted by atomic mass is 10.0. The van der Waals surface area contributed by atoms with E-state index < -0.39 is 18.0 Å². The van der Waals surface area contributed by atoms with E-state index in [1.807, 2.05) is 98.8 Å². The van der Waals surface area contributed by atoms with E-state index in [-0.39, 0.29) is 37.9 Å². The van der Waals surface area contributed by atoms with Crippen LogP contribution in [0.5, 0.6) is 0 Å². The predicted octanol–water partition coefficient (Wildman–Crippen LogP) is 4.50. The third-order valence-corrected chi connectivity index (χ3v) is 6.85. The van der Waals surface area contributed by atoms with Crippen molar-refractivity contribution in [3.05, 3.63) is 125 Å². The molecule has 0 saturated heterocycles. The minimum atomic E-state index is -1.00.